The summed E-state index contributed by atoms with van der Waals surface area (Å²) in [5.41, 5.74) is -1.46. The van der Waals surface area contributed by atoms with Gasteiger partial charge in [0.1, 0.15) is 9.90 Å². The van der Waals surface area contributed by atoms with Gasteiger partial charge in [-0.2, -0.15) is 12.8 Å². The van der Waals surface area contributed by atoms with Crippen LogP contribution in [0.3, 0.4) is 0 Å². The molecule has 7 nitrogen and oxygen atoms in total. The second-order valence-electron chi connectivity index (χ2n) is 7.96. The first-order valence-electron chi connectivity index (χ1n) is 9.22. The number of thiophene rings is 1. The van der Waals surface area contributed by atoms with Crippen molar-refractivity contribution in [2.45, 2.75) is 37.4 Å². The van der Waals surface area contributed by atoms with Crippen molar-refractivity contribution in [3.8, 4) is 11.3 Å². The Morgan fingerprint density at radius 1 is 1.29 bits per heavy atom. The number of hydrogen-bond acceptors (Lipinski definition) is 5. The molecule has 2 N–H and O–H groups in total. The maximum absolute atomic E-state index is 15.6. The second-order valence-corrected chi connectivity index (χ2v) is 11.0. The van der Waals surface area contributed by atoms with Crippen LogP contribution in [-0.4, -0.2) is 34.6 Å². The second kappa shape index (κ2) is 8.39. The summed E-state index contributed by atoms with van der Waals surface area (Å²) >= 11 is 0.944. The number of carbonyl (C=O) groups is 1. The van der Waals surface area contributed by atoms with Crippen molar-refractivity contribution in [2.75, 3.05) is 0 Å². The van der Waals surface area contributed by atoms with Crippen LogP contribution in [0, 0.1) is 17.2 Å². The van der Waals surface area contributed by atoms with Crippen molar-refractivity contribution in [1.82, 2.24) is 14.3 Å². The van der Waals surface area contributed by atoms with E-state index in [0.29, 0.717) is 3.97 Å². The van der Waals surface area contributed by atoms with Crippen LogP contribution in [0.2, 0.25) is 0 Å². The smallest absolute Gasteiger partial charge is 0.404 e. The van der Waals surface area contributed by atoms with Crippen LogP contribution < -0.4 is 5.32 Å². The number of pyridine rings is 1. The molecule has 0 spiro atoms. The van der Waals surface area contributed by atoms with E-state index < -0.39 is 45.0 Å². The van der Waals surface area contributed by atoms with Crippen molar-refractivity contribution < 1.29 is 27.1 Å². The van der Waals surface area contributed by atoms with E-state index in [0.717, 1.165) is 17.5 Å². The third-order valence-corrected chi connectivity index (χ3v) is 7.81. The lowest BCUT2D eigenvalue weighted by atomic mass is 9.83. The molecular weight excluding hydrogens is 448 g/mol. The molecule has 3 heterocycles. The first-order valence-corrected chi connectivity index (χ1v) is 11.5. The Bertz CT molecular complexity index is 1200. The molecule has 0 aliphatic carbocycles. The summed E-state index contributed by atoms with van der Waals surface area (Å²) in [7, 11) is -4.22. The van der Waals surface area contributed by atoms with E-state index in [1.807, 2.05) is 0 Å². The molecule has 0 aliphatic heterocycles. The van der Waals surface area contributed by atoms with Gasteiger partial charge in [-0.25, -0.2) is 18.1 Å². The fourth-order valence-corrected chi connectivity index (χ4v) is 5.56. The lowest BCUT2D eigenvalue weighted by molar-refractivity contribution is 0.174. The molecule has 0 aromatic carbocycles. The number of rotatable bonds is 6. The summed E-state index contributed by atoms with van der Waals surface area (Å²) < 4.78 is 57.0. The van der Waals surface area contributed by atoms with Gasteiger partial charge in [0.05, 0.1) is 5.56 Å². The molecule has 1 unspecified atom stereocenters. The number of halogens is 2. The topological polar surface area (TPSA) is 101 Å². The quantitative estimate of drug-likeness (QED) is 0.523. The molecule has 0 radical (unpaired) electrons. The molecular formula is C20H21F2N3O4S2. The van der Waals surface area contributed by atoms with Gasteiger partial charge in [0.2, 0.25) is 5.95 Å². The number of nitrogens with zero attached hydrogens (tertiary/aromatic N) is 2. The van der Waals surface area contributed by atoms with Crippen LogP contribution >= 0.6 is 11.3 Å². The van der Waals surface area contributed by atoms with E-state index in [9.17, 15) is 17.6 Å². The van der Waals surface area contributed by atoms with Crippen LogP contribution in [0.4, 0.5) is 13.6 Å². The highest BCUT2D eigenvalue weighted by atomic mass is 32.2. The fraction of sp³-hybridized carbons (Fsp3) is 0.300. The van der Waals surface area contributed by atoms with Crippen molar-refractivity contribution in [3.05, 3.63) is 59.4 Å². The summed E-state index contributed by atoms with van der Waals surface area (Å²) in [6.45, 7) is 5.31. The van der Waals surface area contributed by atoms with E-state index >= 15 is 4.39 Å². The molecule has 3 aromatic heterocycles. The highest BCUT2D eigenvalue weighted by molar-refractivity contribution is 7.92. The molecule has 31 heavy (non-hydrogen) atoms. The van der Waals surface area contributed by atoms with Crippen molar-refractivity contribution >= 4 is 27.5 Å². The SMILES string of the molecule is CC(C)(C)C(Cc1cn(S(=O)(=O)c2cccs2)c(-c2cccnc2F)c1F)NC(=O)O. The molecule has 0 saturated heterocycles. The van der Waals surface area contributed by atoms with Gasteiger partial charge in [-0.1, -0.05) is 26.8 Å². The maximum Gasteiger partial charge on any atom is 0.404 e. The van der Waals surface area contributed by atoms with Gasteiger partial charge in [0.15, 0.2) is 5.82 Å². The van der Waals surface area contributed by atoms with Crippen molar-refractivity contribution in [3.63, 3.8) is 0 Å². The van der Waals surface area contributed by atoms with Gasteiger partial charge in [-0.05, 0) is 35.4 Å². The standard InChI is InChI=1S/C20H21F2N3O4S2/c1-20(2,3)14(24-19(26)27)10-12-11-25(31(28,29)15-7-5-9-30-15)17(16(12)21)13-6-4-8-23-18(13)22/h4-9,11,14,24H,10H2,1-3H3,(H,26,27). The van der Waals surface area contributed by atoms with Crippen LogP contribution in [0.5, 0.6) is 0 Å². The van der Waals surface area contributed by atoms with Gasteiger partial charge in [0, 0.05) is 24.0 Å². The summed E-state index contributed by atoms with van der Waals surface area (Å²) in [5.74, 6) is -1.97. The predicted octanol–water partition coefficient (Wildman–Crippen LogP) is 4.35. The Labute approximate surface area is 182 Å². The molecule has 11 heteroatoms. The minimum Gasteiger partial charge on any atom is -0.465 e. The van der Waals surface area contributed by atoms with E-state index in [-0.39, 0.29) is 21.8 Å². The van der Waals surface area contributed by atoms with Crippen molar-refractivity contribution in [2.24, 2.45) is 5.41 Å². The van der Waals surface area contributed by atoms with Gasteiger partial charge in [0.25, 0.3) is 10.0 Å². The average Bonchev–Trinajstić information content (AvgIpc) is 3.31. The van der Waals surface area contributed by atoms with Crippen LogP contribution in [0.1, 0.15) is 26.3 Å². The Morgan fingerprint density at radius 3 is 2.55 bits per heavy atom. The minimum atomic E-state index is -4.22. The normalized spacial score (nSPS) is 13.2. The Balaban J connectivity index is 2.22. The van der Waals surface area contributed by atoms with Gasteiger partial charge in [-0.3, -0.25) is 0 Å². The number of amides is 1. The molecule has 0 saturated carbocycles. The summed E-state index contributed by atoms with van der Waals surface area (Å²) in [6.07, 6.45) is 0.827. The average molecular weight is 470 g/mol. The Kier molecular flexibility index (Phi) is 6.19. The minimum absolute atomic E-state index is 0.0457. The molecule has 3 rings (SSSR count). The number of carboxylic acid groups (broad SMARTS) is 1. The van der Waals surface area contributed by atoms with Crippen molar-refractivity contribution in [1.29, 1.82) is 0 Å². The van der Waals surface area contributed by atoms with E-state index in [2.05, 4.69) is 10.3 Å². The van der Waals surface area contributed by atoms with Crippen LogP contribution in [-0.2, 0) is 16.4 Å². The van der Waals surface area contributed by atoms with E-state index in [1.54, 1.807) is 26.2 Å². The zero-order valence-corrected chi connectivity index (χ0v) is 18.6. The number of nitrogens with one attached hydrogen (secondary N) is 1. The maximum atomic E-state index is 15.6. The molecule has 0 fully saturated rings. The first kappa shape index (κ1) is 22.9. The molecule has 1 atom stereocenters. The highest BCUT2D eigenvalue weighted by Crippen LogP contribution is 2.34. The highest BCUT2D eigenvalue weighted by Gasteiger charge is 2.33. The van der Waals surface area contributed by atoms with Gasteiger partial charge >= 0.3 is 6.09 Å². The van der Waals surface area contributed by atoms with Crippen LogP contribution in [0.15, 0.2) is 46.2 Å². The molecule has 166 valence electrons. The summed E-state index contributed by atoms with van der Waals surface area (Å²) in [6, 6.07) is 4.78. The summed E-state index contributed by atoms with van der Waals surface area (Å²) in [5, 5.41) is 13.1. The largest absolute Gasteiger partial charge is 0.465 e. The van der Waals surface area contributed by atoms with Gasteiger partial charge < -0.3 is 10.4 Å². The van der Waals surface area contributed by atoms with E-state index in [1.165, 1.54) is 30.5 Å². The lowest BCUT2D eigenvalue weighted by Crippen LogP contribution is -2.44. The number of aromatic nitrogens is 2. The molecule has 1 amide bonds. The zero-order valence-electron chi connectivity index (χ0n) is 17.0. The lowest BCUT2D eigenvalue weighted by Gasteiger charge is -2.30. The molecule has 0 bridgehead atoms. The predicted molar refractivity (Wildman–Crippen MR) is 113 cm³/mol. The van der Waals surface area contributed by atoms with Crippen LogP contribution in [0.25, 0.3) is 11.3 Å². The number of hydrogen-bond donors (Lipinski definition) is 2. The third kappa shape index (κ3) is 4.62. The first-order chi connectivity index (χ1) is 14.4. The monoisotopic (exact) mass is 469 g/mol. The Morgan fingerprint density at radius 2 is 2.00 bits per heavy atom. The summed E-state index contributed by atoms with van der Waals surface area (Å²) in [4.78, 5) is 14.7. The van der Waals surface area contributed by atoms with E-state index in [4.69, 9.17) is 5.11 Å². The Hall–Kier alpha value is -2.79. The zero-order chi connectivity index (χ0) is 23.0. The van der Waals surface area contributed by atoms with Gasteiger partial charge in [-0.15, -0.1) is 11.3 Å². The molecule has 0 aliphatic rings. The molecule has 3 aromatic rings. The third-order valence-electron chi connectivity index (χ3n) is 4.77. The fourth-order valence-electron chi connectivity index (χ4n) is 3.09.